The van der Waals surface area contributed by atoms with Crippen LogP contribution in [0, 0.1) is 5.92 Å². The lowest BCUT2D eigenvalue weighted by Crippen LogP contribution is -2.40. The molecule has 0 fully saturated rings. The van der Waals surface area contributed by atoms with Crippen molar-refractivity contribution < 1.29 is 5.11 Å². The van der Waals surface area contributed by atoms with Gasteiger partial charge in [0.1, 0.15) is 0 Å². The highest BCUT2D eigenvalue weighted by atomic mass is 16.3. The normalized spacial score (nSPS) is 25.4. The summed E-state index contributed by atoms with van der Waals surface area (Å²) in [5.41, 5.74) is 8.02. The molecule has 1 aromatic rings. The molecule has 0 saturated carbocycles. The Bertz CT molecular complexity index is 429. The van der Waals surface area contributed by atoms with Crippen molar-refractivity contribution in [2.75, 3.05) is 6.54 Å². The summed E-state index contributed by atoms with van der Waals surface area (Å²) in [4.78, 5) is 0. The Hall–Kier alpha value is -0.900. The van der Waals surface area contributed by atoms with Gasteiger partial charge in [-0.15, -0.1) is 0 Å². The van der Waals surface area contributed by atoms with Crippen LogP contribution in [0.1, 0.15) is 56.8 Å². The molecule has 3 unspecified atom stereocenters. The predicted octanol–water partition coefficient (Wildman–Crippen LogP) is 2.52. The third kappa shape index (κ3) is 3.56. The molecule has 1 aliphatic carbocycles. The first-order valence-electron chi connectivity index (χ1n) is 7.19. The minimum absolute atomic E-state index is 0.115. The van der Waals surface area contributed by atoms with Gasteiger partial charge in [-0.2, -0.15) is 0 Å². The minimum Gasteiger partial charge on any atom is -0.389 e. The lowest BCUT2D eigenvalue weighted by molar-refractivity contribution is 0.0357. The Morgan fingerprint density at radius 1 is 1.37 bits per heavy atom. The van der Waals surface area contributed by atoms with Gasteiger partial charge in [-0.25, -0.2) is 0 Å². The van der Waals surface area contributed by atoms with Crippen molar-refractivity contribution >= 4 is 0 Å². The Balaban J connectivity index is 1.98. The van der Waals surface area contributed by atoms with Crippen LogP contribution in [-0.4, -0.2) is 17.3 Å². The lowest BCUT2D eigenvalue weighted by atomic mass is 9.94. The largest absolute Gasteiger partial charge is 0.389 e. The smallest absolute Gasteiger partial charge is 0.0746 e. The van der Waals surface area contributed by atoms with Crippen LogP contribution in [-0.2, 0) is 0 Å². The molecule has 1 aliphatic rings. The molecule has 0 radical (unpaired) electrons. The third-order valence-electron chi connectivity index (χ3n) is 3.84. The second-order valence-electron chi connectivity index (χ2n) is 6.50. The number of nitrogens with one attached hydrogen (secondary N) is 1. The zero-order valence-electron chi connectivity index (χ0n) is 12.2. The standard InChI is InChI=1S/C16H26N2O/c1-11(2)9-16(3,19)10-18-15-8-14(17)12-6-4-5-7-13(12)15/h4-7,11,14-15,18-19H,8-10,17H2,1-3H3. The molecule has 0 heterocycles. The molecule has 106 valence electrons. The van der Waals surface area contributed by atoms with Crippen LogP contribution in [0.15, 0.2) is 24.3 Å². The molecule has 3 heteroatoms. The van der Waals surface area contributed by atoms with Crippen LogP contribution in [0.5, 0.6) is 0 Å². The van der Waals surface area contributed by atoms with E-state index in [1.807, 2.05) is 13.0 Å². The molecule has 0 bridgehead atoms. The van der Waals surface area contributed by atoms with Gasteiger partial charge in [0.25, 0.3) is 0 Å². The highest BCUT2D eigenvalue weighted by Gasteiger charge is 2.30. The van der Waals surface area contributed by atoms with Crippen molar-refractivity contribution in [1.82, 2.24) is 5.32 Å². The van der Waals surface area contributed by atoms with Gasteiger partial charge in [-0.1, -0.05) is 38.1 Å². The monoisotopic (exact) mass is 262 g/mol. The van der Waals surface area contributed by atoms with Gasteiger partial charge in [0, 0.05) is 18.6 Å². The highest BCUT2D eigenvalue weighted by molar-refractivity contribution is 5.37. The molecule has 19 heavy (non-hydrogen) atoms. The van der Waals surface area contributed by atoms with E-state index in [-0.39, 0.29) is 12.1 Å². The summed E-state index contributed by atoms with van der Waals surface area (Å²) in [6.45, 7) is 6.78. The van der Waals surface area contributed by atoms with Crippen molar-refractivity contribution in [2.24, 2.45) is 11.7 Å². The van der Waals surface area contributed by atoms with E-state index in [2.05, 4.69) is 37.4 Å². The van der Waals surface area contributed by atoms with Crippen LogP contribution < -0.4 is 11.1 Å². The molecule has 0 aliphatic heterocycles. The van der Waals surface area contributed by atoms with E-state index in [9.17, 15) is 5.11 Å². The van der Waals surface area contributed by atoms with E-state index < -0.39 is 5.60 Å². The Morgan fingerprint density at radius 3 is 2.63 bits per heavy atom. The molecule has 0 spiro atoms. The summed E-state index contributed by atoms with van der Waals surface area (Å²) in [6, 6.07) is 8.72. The highest BCUT2D eigenvalue weighted by Crippen LogP contribution is 2.37. The molecular formula is C16H26N2O. The number of hydrogen-bond donors (Lipinski definition) is 3. The fraction of sp³-hybridized carbons (Fsp3) is 0.625. The van der Waals surface area contributed by atoms with Gasteiger partial charge in [-0.05, 0) is 36.8 Å². The van der Waals surface area contributed by atoms with Gasteiger partial charge in [0.15, 0.2) is 0 Å². The van der Waals surface area contributed by atoms with Crippen LogP contribution in [0.4, 0.5) is 0 Å². The fourth-order valence-corrected chi connectivity index (χ4v) is 3.16. The summed E-state index contributed by atoms with van der Waals surface area (Å²) in [7, 11) is 0. The lowest BCUT2D eigenvalue weighted by Gasteiger charge is -2.28. The number of fused-ring (bicyclic) bond motifs is 1. The summed E-state index contributed by atoms with van der Waals surface area (Å²) in [5, 5.41) is 13.8. The minimum atomic E-state index is -0.657. The first-order chi connectivity index (χ1) is 8.89. The number of nitrogens with two attached hydrogens (primary N) is 1. The summed E-state index contributed by atoms with van der Waals surface area (Å²) in [6.07, 6.45) is 1.72. The molecule has 4 N–H and O–H groups in total. The average Bonchev–Trinajstić information content (AvgIpc) is 2.63. The molecule has 1 aromatic carbocycles. The Labute approximate surface area is 116 Å². The van der Waals surface area contributed by atoms with Crippen molar-refractivity contribution in [2.45, 2.75) is 51.3 Å². The van der Waals surface area contributed by atoms with E-state index in [4.69, 9.17) is 5.73 Å². The fourth-order valence-electron chi connectivity index (χ4n) is 3.16. The zero-order valence-corrected chi connectivity index (χ0v) is 12.2. The van der Waals surface area contributed by atoms with Gasteiger partial charge >= 0.3 is 0 Å². The number of hydrogen-bond acceptors (Lipinski definition) is 3. The molecule has 0 amide bonds. The molecule has 0 saturated heterocycles. The van der Waals surface area contributed by atoms with Crippen molar-refractivity contribution in [1.29, 1.82) is 0 Å². The SMILES string of the molecule is CC(C)CC(C)(O)CNC1CC(N)c2ccccc21. The Kier molecular flexibility index (Phi) is 4.29. The van der Waals surface area contributed by atoms with E-state index in [0.29, 0.717) is 12.5 Å². The average molecular weight is 262 g/mol. The van der Waals surface area contributed by atoms with Gasteiger partial charge in [-0.3, -0.25) is 0 Å². The molecule has 3 nitrogen and oxygen atoms in total. The Morgan fingerprint density at radius 2 is 2.00 bits per heavy atom. The second kappa shape index (κ2) is 5.61. The summed E-state index contributed by atoms with van der Waals surface area (Å²) < 4.78 is 0. The number of rotatable bonds is 5. The molecule has 2 rings (SSSR count). The molecular weight excluding hydrogens is 236 g/mol. The van der Waals surface area contributed by atoms with E-state index in [1.165, 1.54) is 11.1 Å². The number of aliphatic hydroxyl groups is 1. The van der Waals surface area contributed by atoms with E-state index in [1.54, 1.807) is 0 Å². The zero-order chi connectivity index (χ0) is 14.0. The molecule has 0 aromatic heterocycles. The van der Waals surface area contributed by atoms with Gasteiger partial charge in [0.2, 0.25) is 0 Å². The van der Waals surface area contributed by atoms with Gasteiger partial charge < -0.3 is 16.2 Å². The predicted molar refractivity (Wildman–Crippen MR) is 78.8 cm³/mol. The van der Waals surface area contributed by atoms with Crippen LogP contribution in [0.3, 0.4) is 0 Å². The number of benzene rings is 1. The summed E-state index contributed by atoms with van der Waals surface area (Å²) in [5.74, 6) is 0.495. The van der Waals surface area contributed by atoms with Crippen LogP contribution in [0.2, 0.25) is 0 Å². The van der Waals surface area contributed by atoms with Crippen molar-refractivity contribution in [3.05, 3.63) is 35.4 Å². The first-order valence-corrected chi connectivity index (χ1v) is 7.19. The van der Waals surface area contributed by atoms with Crippen LogP contribution >= 0.6 is 0 Å². The maximum Gasteiger partial charge on any atom is 0.0746 e. The topological polar surface area (TPSA) is 58.3 Å². The maximum atomic E-state index is 10.4. The van der Waals surface area contributed by atoms with Crippen LogP contribution in [0.25, 0.3) is 0 Å². The maximum absolute atomic E-state index is 10.4. The first kappa shape index (κ1) is 14.5. The van der Waals surface area contributed by atoms with E-state index in [0.717, 1.165) is 12.8 Å². The molecule has 3 atom stereocenters. The van der Waals surface area contributed by atoms with Crippen molar-refractivity contribution in [3.63, 3.8) is 0 Å². The second-order valence-corrected chi connectivity index (χ2v) is 6.50. The van der Waals surface area contributed by atoms with Crippen molar-refractivity contribution in [3.8, 4) is 0 Å². The van der Waals surface area contributed by atoms with E-state index >= 15 is 0 Å². The third-order valence-corrected chi connectivity index (χ3v) is 3.84. The quantitative estimate of drug-likeness (QED) is 0.764. The summed E-state index contributed by atoms with van der Waals surface area (Å²) >= 11 is 0. The van der Waals surface area contributed by atoms with Gasteiger partial charge in [0.05, 0.1) is 5.60 Å².